The third-order valence-electron chi connectivity index (χ3n) is 4.60. The number of piperidine rings is 1. The van der Waals surface area contributed by atoms with E-state index in [1.807, 2.05) is 31.2 Å². The molecule has 6 nitrogen and oxygen atoms in total. The lowest BCUT2D eigenvalue weighted by molar-refractivity contribution is 0.216. The molecule has 0 saturated carbocycles. The molecule has 1 unspecified atom stereocenters. The maximum atomic E-state index is 5.93. The Morgan fingerprint density at radius 1 is 1.26 bits per heavy atom. The second-order valence-electron chi connectivity index (χ2n) is 7.21. The number of methoxy groups -OCH3 is 1. The first-order valence-electron chi connectivity index (χ1n) is 9.64. The number of aliphatic imine (C=N–C) groups is 1. The van der Waals surface area contributed by atoms with E-state index in [0.29, 0.717) is 12.6 Å². The van der Waals surface area contributed by atoms with Gasteiger partial charge in [0.05, 0.1) is 13.7 Å². The second-order valence-corrected chi connectivity index (χ2v) is 7.21. The Labute approximate surface area is 163 Å². The summed E-state index contributed by atoms with van der Waals surface area (Å²) in [5.41, 5.74) is 1.23. The third kappa shape index (κ3) is 7.51. The highest BCUT2D eigenvalue weighted by atomic mass is 16.5. The van der Waals surface area contributed by atoms with Crippen LogP contribution in [0.2, 0.25) is 0 Å². The standard InChI is InChI=1S/C21H34N4O2/c1-16(2)15-25-12-10-18(11-13-25)24-21(22-4)23-14-17(3)27-20-8-6-19(26-5)7-9-20/h6-9,17-18H,1,10-15H2,2-5H3,(H2,22,23,24). The highest BCUT2D eigenvalue weighted by Crippen LogP contribution is 2.18. The van der Waals surface area contributed by atoms with Crippen molar-refractivity contribution in [1.29, 1.82) is 0 Å². The average molecular weight is 375 g/mol. The fourth-order valence-corrected chi connectivity index (χ4v) is 3.17. The van der Waals surface area contributed by atoms with Gasteiger partial charge in [-0.1, -0.05) is 12.2 Å². The zero-order valence-electron chi connectivity index (χ0n) is 17.1. The molecule has 2 rings (SSSR count). The number of likely N-dealkylation sites (tertiary alicyclic amines) is 1. The minimum Gasteiger partial charge on any atom is -0.497 e. The summed E-state index contributed by atoms with van der Waals surface area (Å²) in [7, 11) is 3.46. The van der Waals surface area contributed by atoms with Gasteiger partial charge in [0.2, 0.25) is 0 Å². The van der Waals surface area contributed by atoms with E-state index in [1.54, 1.807) is 14.2 Å². The largest absolute Gasteiger partial charge is 0.497 e. The number of nitrogens with one attached hydrogen (secondary N) is 2. The Morgan fingerprint density at radius 3 is 2.44 bits per heavy atom. The summed E-state index contributed by atoms with van der Waals surface area (Å²) in [6, 6.07) is 8.09. The molecule has 1 atom stereocenters. The predicted octanol–water partition coefficient (Wildman–Crippen LogP) is 2.67. The van der Waals surface area contributed by atoms with Gasteiger partial charge in [-0.25, -0.2) is 0 Å². The van der Waals surface area contributed by atoms with Gasteiger partial charge < -0.3 is 20.1 Å². The molecule has 2 N–H and O–H groups in total. The monoisotopic (exact) mass is 374 g/mol. The van der Waals surface area contributed by atoms with E-state index >= 15 is 0 Å². The van der Waals surface area contributed by atoms with Gasteiger partial charge in [-0.2, -0.15) is 0 Å². The molecule has 1 heterocycles. The lowest BCUT2D eigenvalue weighted by atomic mass is 10.0. The molecule has 1 aliphatic heterocycles. The van der Waals surface area contributed by atoms with Crippen molar-refractivity contribution in [2.24, 2.45) is 4.99 Å². The van der Waals surface area contributed by atoms with E-state index < -0.39 is 0 Å². The summed E-state index contributed by atoms with van der Waals surface area (Å²) in [6.07, 6.45) is 2.26. The van der Waals surface area contributed by atoms with Gasteiger partial charge in [-0.15, -0.1) is 0 Å². The quantitative estimate of drug-likeness (QED) is 0.416. The molecular formula is C21H34N4O2. The first kappa shape index (κ1) is 21.1. The summed E-state index contributed by atoms with van der Waals surface area (Å²) in [4.78, 5) is 6.81. The average Bonchev–Trinajstić information content (AvgIpc) is 2.66. The number of hydrogen-bond donors (Lipinski definition) is 2. The van der Waals surface area contributed by atoms with E-state index in [9.17, 15) is 0 Å². The molecule has 0 aromatic heterocycles. The Bertz CT molecular complexity index is 607. The molecule has 0 bridgehead atoms. The highest BCUT2D eigenvalue weighted by molar-refractivity contribution is 5.80. The van der Waals surface area contributed by atoms with Crippen LogP contribution in [-0.2, 0) is 0 Å². The van der Waals surface area contributed by atoms with Crippen LogP contribution in [0.1, 0.15) is 26.7 Å². The molecule has 0 amide bonds. The maximum absolute atomic E-state index is 5.93. The molecule has 6 heteroatoms. The summed E-state index contributed by atoms with van der Waals surface area (Å²) >= 11 is 0. The van der Waals surface area contributed by atoms with Gasteiger partial charge in [0.25, 0.3) is 0 Å². The van der Waals surface area contributed by atoms with E-state index in [2.05, 4.69) is 34.0 Å². The van der Waals surface area contributed by atoms with Gasteiger partial charge >= 0.3 is 0 Å². The van der Waals surface area contributed by atoms with E-state index in [0.717, 1.165) is 49.9 Å². The smallest absolute Gasteiger partial charge is 0.191 e. The van der Waals surface area contributed by atoms with Crippen molar-refractivity contribution in [3.05, 3.63) is 36.4 Å². The molecule has 1 aromatic rings. The fourth-order valence-electron chi connectivity index (χ4n) is 3.17. The SMILES string of the molecule is C=C(C)CN1CCC(NC(=NC)NCC(C)Oc2ccc(OC)cc2)CC1. The van der Waals surface area contributed by atoms with E-state index in [1.165, 1.54) is 5.57 Å². The van der Waals surface area contributed by atoms with Crippen LogP contribution in [0, 0.1) is 0 Å². The number of hydrogen-bond acceptors (Lipinski definition) is 4. The van der Waals surface area contributed by atoms with Crippen molar-refractivity contribution < 1.29 is 9.47 Å². The van der Waals surface area contributed by atoms with Crippen LogP contribution in [0.5, 0.6) is 11.5 Å². The molecule has 1 fully saturated rings. The first-order chi connectivity index (χ1) is 13.0. The number of nitrogens with zero attached hydrogens (tertiary/aromatic N) is 2. The van der Waals surface area contributed by atoms with Gasteiger partial charge in [0.15, 0.2) is 5.96 Å². The molecule has 0 radical (unpaired) electrons. The minimum atomic E-state index is 0.0226. The zero-order valence-corrected chi connectivity index (χ0v) is 17.1. The van der Waals surface area contributed by atoms with Gasteiger partial charge in [-0.3, -0.25) is 9.89 Å². The summed E-state index contributed by atoms with van der Waals surface area (Å²) in [5, 5.41) is 6.90. The number of guanidine groups is 1. The van der Waals surface area contributed by atoms with Gasteiger partial charge in [0.1, 0.15) is 17.6 Å². The van der Waals surface area contributed by atoms with Crippen molar-refractivity contribution in [2.75, 3.05) is 40.3 Å². The van der Waals surface area contributed by atoms with Crippen LogP contribution in [-0.4, -0.2) is 63.3 Å². The van der Waals surface area contributed by atoms with Crippen molar-refractivity contribution in [1.82, 2.24) is 15.5 Å². The molecule has 150 valence electrons. The Morgan fingerprint density at radius 2 is 1.89 bits per heavy atom. The lowest BCUT2D eigenvalue weighted by Gasteiger charge is -2.33. The van der Waals surface area contributed by atoms with E-state index in [-0.39, 0.29) is 6.10 Å². The lowest BCUT2D eigenvalue weighted by Crippen LogP contribution is -2.50. The molecule has 0 spiro atoms. The molecule has 1 saturated heterocycles. The van der Waals surface area contributed by atoms with Crippen LogP contribution in [0.25, 0.3) is 0 Å². The zero-order chi connectivity index (χ0) is 19.6. The Kier molecular flexibility index (Phi) is 8.45. The predicted molar refractivity (Wildman–Crippen MR) is 112 cm³/mol. The van der Waals surface area contributed by atoms with Crippen LogP contribution < -0.4 is 20.1 Å². The van der Waals surface area contributed by atoms with Crippen LogP contribution in [0.15, 0.2) is 41.4 Å². The third-order valence-corrected chi connectivity index (χ3v) is 4.60. The summed E-state index contributed by atoms with van der Waals surface area (Å²) in [6.45, 7) is 12.0. The molecular weight excluding hydrogens is 340 g/mol. The maximum Gasteiger partial charge on any atom is 0.191 e. The van der Waals surface area contributed by atoms with Crippen molar-refractivity contribution in [3.63, 3.8) is 0 Å². The topological polar surface area (TPSA) is 58.1 Å². The van der Waals surface area contributed by atoms with Crippen LogP contribution >= 0.6 is 0 Å². The molecule has 27 heavy (non-hydrogen) atoms. The van der Waals surface area contributed by atoms with Crippen molar-refractivity contribution >= 4 is 5.96 Å². The van der Waals surface area contributed by atoms with Crippen molar-refractivity contribution in [3.8, 4) is 11.5 Å². The summed E-state index contributed by atoms with van der Waals surface area (Å²) in [5.74, 6) is 2.49. The first-order valence-corrected chi connectivity index (χ1v) is 9.64. The number of ether oxygens (including phenoxy) is 2. The molecule has 1 aliphatic rings. The minimum absolute atomic E-state index is 0.0226. The van der Waals surface area contributed by atoms with Crippen LogP contribution in [0.3, 0.4) is 0 Å². The van der Waals surface area contributed by atoms with Gasteiger partial charge in [-0.05, 0) is 51.0 Å². The Hall–Kier alpha value is -2.21. The molecule has 1 aromatic carbocycles. The van der Waals surface area contributed by atoms with Crippen LogP contribution in [0.4, 0.5) is 0 Å². The Balaban J connectivity index is 1.71. The molecule has 0 aliphatic carbocycles. The number of rotatable bonds is 8. The van der Waals surface area contributed by atoms with Gasteiger partial charge in [0, 0.05) is 32.7 Å². The number of benzene rings is 1. The normalized spacial score (nSPS) is 17.3. The van der Waals surface area contributed by atoms with E-state index in [4.69, 9.17) is 9.47 Å². The van der Waals surface area contributed by atoms with Crippen molar-refractivity contribution in [2.45, 2.75) is 38.8 Å². The fraction of sp³-hybridized carbons (Fsp3) is 0.571. The summed E-state index contributed by atoms with van der Waals surface area (Å²) < 4.78 is 11.1. The highest BCUT2D eigenvalue weighted by Gasteiger charge is 2.20. The second kappa shape index (κ2) is 10.8.